The van der Waals surface area contributed by atoms with Gasteiger partial charge in [-0.2, -0.15) is 0 Å². The molecule has 5 heteroatoms. The van der Waals surface area contributed by atoms with E-state index in [4.69, 9.17) is 15.1 Å². The minimum absolute atomic E-state index is 0.154. The monoisotopic (exact) mass is 302 g/mol. The van der Waals surface area contributed by atoms with E-state index in [1.165, 1.54) is 18.2 Å². The van der Waals surface area contributed by atoms with Gasteiger partial charge in [-0.15, -0.1) is 11.8 Å². The quantitative estimate of drug-likeness (QED) is 0.673. The van der Waals surface area contributed by atoms with Crippen LogP contribution >= 0.6 is 11.8 Å². The zero-order chi connectivity index (χ0) is 14.8. The lowest BCUT2D eigenvalue weighted by Gasteiger charge is -2.24. The molecule has 1 fully saturated rings. The Morgan fingerprint density at radius 3 is 2.86 bits per heavy atom. The van der Waals surface area contributed by atoms with Crippen LogP contribution in [0.2, 0.25) is 0 Å². The van der Waals surface area contributed by atoms with E-state index in [1.54, 1.807) is 0 Å². The maximum absolute atomic E-state index is 10.7. The van der Waals surface area contributed by atoms with E-state index in [9.17, 15) is 4.79 Å². The summed E-state index contributed by atoms with van der Waals surface area (Å²) < 4.78 is 0. The molecule has 110 valence electrons. The highest BCUT2D eigenvalue weighted by molar-refractivity contribution is 7.99. The molecule has 1 heterocycles. The highest BCUT2D eigenvalue weighted by Crippen LogP contribution is 2.37. The summed E-state index contributed by atoms with van der Waals surface area (Å²) in [5.74, 6) is 1.18. The van der Waals surface area contributed by atoms with Gasteiger partial charge in [-0.1, -0.05) is 18.6 Å². The molecule has 0 saturated heterocycles. The van der Waals surface area contributed by atoms with Crippen molar-refractivity contribution in [3.05, 3.63) is 29.6 Å². The number of rotatable bonds is 5. The van der Waals surface area contributed by atoms with Crippen molar-refractivity contribution in [2.75, 3.05) is 5.75 Å². The summed E-state index contributed by atoms with van der Waals surface area (Å²) in [5.41, 5.74) is 2.12. The van der Waals surface area contributed by atoms with Crippen molar-refractivity contribution in [3.8, 4) is 0 Å². The molecule has 1 saturated carbocycles. The maximum atomic E-state index is 10.7. The lowest BCUT2D eigenvalue weighted by atomic mass is 9.85. The molecule has 0 atom stereocenters. The topological polar surface area (TPSA) is 63.1 Å². The van der Waals surface area contributed by atoms with Gasteiger partial charge in [0.15, 0.2) is 0 Å². The average molecular weight is 302 g/mol. The number of hydrogen-bond donors (Lipinski definition) is 1. The number of aromatic nitrogens is 2. The number of carboxylic acids is 1. The molecule has 1 N–H and O–H groups in total. The van der Waals surface area contributed by atoms with Gasteiger partial charge in [0.2, 0.25) is 0 Å². The summed E-state index contributed by atoms with van der Waals surface area (Å²) in [7, 11) is 0. The van der Waals surface area contributed by atoms with Gasteiger partial charge >= 0.3 is 5.97 Å². The zero-order valence-electron chi connectivity index (χ0n) is 12.0. The number of carboxylic acid groups (broad SMARTS) is 1. The van der Waals surface area contributed by atoms with Crippen molar-refractivity contribution < 1.29 is 9.90 Å². The molecular formula is C16H18N2O2S. The molecule has 1 aromatic heterocycles. The molecule has 0 amide bonds. The van der Waals surface area contributed by atoms with Crippen LogP contribution in [-0.2, 0) is 4.79 Å². The van der Waals surface area contributed by atoms with E-state index >= 15 is 0 Å². The van der Waals surface area contributed by atoms with Gasteiger partial charge in [0.25, 0.3) is 0 Å². The Labute approximate surface area is 128 Å². The van der Waals surface area contributed by atoms with E-state index in [-0.39, 0.29) is 6.42 Å². The summed E-state index contributed by atoms with van der Waals surface area (Å²) in [6.45, 7) is 2.05. The Hall–Kier alpha value is -1.62. The van der Waals surface area contributed by atoms with Crippen molar-refractivity contribution in [2.45, 2.75) is 43.6 Å². The summed E-state index contributed by atoms with van der Waals surface area (Å²) in [6, 6.07) is 6.09. The molecule has 0 unspecified atom stereocenters. The zero-order valence-corrected chi connectivity index (χ0v) is 12.8. The molecule has 0 spiro atoms. The number of fused-ring (bicyclic) bond motifs is 1. The minimum Gasteiger partial charge on any atom is -0.481 e. The standard InChI is InChI=1S/C16H18N2O2S/c1-10-4-2-7-12-14(10)16(21-9-8-13(19)20)18-15(17-12)11-5-3-6-11/h2,4,7,11H,3,5-6,8-9H2,1H3,(H,19,20). The van der Waals surface area contributed by atoms with Crippen LogP contribution in [0.25, 0.3) is 10.9 Å². The first-order valence-electron chi connectivity index (χ1n) is 7.27. The summed E-state index contributed by atoms with van der Waals surface area (Å²) in [4.78, 5) is 20.2. The molecule has 21 heavy (non-hydrogen) atoms. The Morgan fingerprint density at radius 2 is 2.19 bits per heavy atom. The van der Waals surface area contributed by atoms with E-state index in [1.807, 2.05) is 12.1 Å². The van der Waals surface area contributed by atoms with Gasteiger partial charge in [0.05, 0.1) is 11.9 Å². The summed E-state index contributed by atoms with van der Waals surface area (Å²) in [5, 5.41) is 10.8. The van der Waals surface area contributed by atoms with Gasteiger partial charge in [0.1, 0.15) is 10.9 Å². The first-order valence-corrected chi connectivity index (χ1v) is 8.25. The maximum Gasteiger partial charge on any atom is 0.304 e. The lowest BCUT2D eigenvalue weighted by molar-refractivity contribution is -0.136. The predicted octanol–water partition coefficient (Wildman–Crippen LogP) is 3.77. The van der Waals surface area contributed by atoms with Gasteiger partial charge in [-0.3, -0.25) is 4.79 Å². The van der Waals surface area contributed by atoms with Gasteiger partial charge in [0, 0.05) is 17.1 Å². The molecule has 2 aromatic rings. The number of thioether (sulfide) groups is 1. The number of nitrogens with zero attached hydrogens (tertiary/aromatic N) is 2. The number of aryl methyl sites for hydroxylation is 1. The van der Waals surface area contributed by atoms with E-state index in [2.05, 4.69) is 13.0 Å². The highest BCUT2D eigenvalue weighted by Gasteiger charge is 2.24. The minimum atomic E-state index is -0.767. The van der Waals surface area contributed by atoms with Crippen LogP contribution in [0.3, 0.4) is 0 Å². The molecule has 4 nitrogen and oxygen atoms in total. The van der Waals surface area contributed by atoms with Gasteiger partial charge in [-0.05, 0) is 31.4 Å². The third-order valence-corrected chi connectivity index (χ3v) is 4.92. The van der Waals surface area contributed by atoms with E-state index in [0.717, 1.165) is 40.2 Å². The van der Waals surface area contributed by atoms with Gasteiger partial charge in [-0.25, -0.2) is 9.97 Å². The fourth-order valence-electron chi connectivity index (χ4n) is 2.52. The fraction of sp³-hybridized carbons (Fsp3) is 0.438. The van der Waals surface area contributed by atoms with Crippen LogP contribution in [0.1, 0.15) is 43.0 Å². The third-order valence-electron chi connectivity index (χ3n) is 3.94. The normalized spacial score (nSPS) is 15.1. The Kier molecular flexibility index (Phi) is 4.10. The highest BCUT2D eigenvalue weighted by atomic mass is 32.2. The predicted molar refractivity (Wildman–Crippen MR) is 83.8 cm³/mol. The second kappa shape index (κ2) is 6.02. The lowest BCUT2D eigenvalue weighted by Crippen LogP contribution is -2.13. The average Bonchev–Trinajstić information content (AvgIpc) is 2.36. The molecule has 3 rings (SSSR count). The first-order chi connectivity index (χ1) is 10.1. The van der Waals surface area contributed by atoms with Crippen molar-refractivity contribution in [2.24, 2.45) is 0 Å². The largest absolute Gasteiger partial charge is 0.481 e. The van der Waals surface area contributed by atoms with Crippen LogP contribution in [0.5, 0.6) is 0 Å². The number of aliphatic carboxylic acids is 1. The smallest absolute Gasteiger partial charge is 0.304 e. The van der Waals surface area contributed by atoms with E-state index in [0.29, 0.717) is 11.7 Å². The van der Waals surface area contributed by atoms with Crippen molar-refractivity contribution in [1.29, 1.82) is 0 Å². The van der Waals surface area contributed by atoms with Crippen LogP contribution in [0.15, 0.2) is 23.2 Å². The third kappa shape index (κ3) is 3.02. The molecule has 0 aliphatic heterocycles. The number of benzene rings is 1. The SMILES string of the molecule is Cc1cccc2nc(C3CCC3)nc(SCCC(=O)O)c12. The molecule has 1 aromatic carbocycles. The second-order valence-corrected chi connectivity index (χ2v) is 6.56. The van der Waals surface area contributed by atoms with Gasteiger partial charge < -0.3 is 5.11 Å². The first kappa shape index (κ1) is 14.3. The molecule has 1 aliphatic carbocycles. The van der Waals surface area contributed by atoms with Crippen molar-refractivity contribution in [3.63, 3.8) is 0 Å². The molecule has 0 radical (unpaired) electrons. The van der Waals surface area contributed by atoms with Crippen molar-refractivity contribution >= 4 is 28.6 Å². The van der Waals surface area contributed by atoms with Crippen LogP contribution in [0, 0.1) is 6.92 Å². The fourth-order valence-corrected chi connectivity index (χ4v) is 3.56. The van der Waals surface area contributed by atoms with Crippen molar-refractivity contribution in [1.82, 2.24) is 9.97 Å². The van der Waals surface area contributed by atoms with E-state index < -0.39 is 5.97 Å². The number of carbonyl (C=O) groups is 1. The summed E-state index contributed by atoms with van der Waals surface area (Å²) in [6.07, 6.45) is 3.73. The van der Waals surface area contributed by atoms with Crippen LogP contribution in [-0.4, -0.2) is 26.8 Å². The Morgan fingerprint density at radius 1 is 1.38 bits per heavy atom. The molecule has 1 aliphatic rings. The second-order valence-electron chi connectivity index (χ2n) is 5.48. The number of hydrogen-bond acceptors (Lipinski definition) is 4. The Balaban J connectivity index is 1.98. The Bertz CT molecular complexity index is 683. The van der Waals surface area contributed by atoms with Crippen LogP contribution in [0.4, 0.5) is 0 Å². The molecular weight excluding hydrogens is 284 g/mol. The molecule has 0 bridgehead atoms. The summed E-state index contributed by atoms with van der Waals surface area (Å²) >= 11 is 1.53. The van der Waals surface area contributed by atoms with Crippen LogP contribution < -0.4 is 0 Å².